The number of hydrogen-bond acceptors (Lipinski definition) is 9. The van der Waals surface area contributed by atoms with E-state index in [1.165, 1.54) is 33.5 Å². The number of aliphatic imine (C=N–C) groups is 2. The molecule has 0 aromatic heterocycles. The Kier molecular flexibility index (Phi) is 10.7. The summed E-state index contributed by atoms with van der Waals surface area (Å²) in [5, 5.41) is 0. The molecule has 0 saturated heterocycles. The van der Waals surface area contributed by atoms with Gasteiger partial charge in [-0.25, -0.2) is 0 Å². The molecule has 9 nitrogen and oxygen atoms in total. The molecule has 11 heteroatoms. The van der Waals surface area contributed by atoms with Gasteiger partial charge >= 0.3 is 0 Å². The lowest BCUT2D eigenvalue weighted by atomic mass is 9.97. The maximum absolute atomic E-state index is 9.78. The molecule has 0 bridgehead atoms. The molecular weight excluding hydrogens is 613 g/mol. The molecule has 6 rings (SSSR count). The predicted octanol–water partition coefficient (Wildman–Crippen LogP) is 6.96. The van der Waals surface area contributed by atoms with Crippen LogP contribution in [0, 0.1) is 6.92 Å². The van der Waals surface area contributed by atoms with E-state index >= 15 is 0 Å². The Balaban J connectivity index is 0.000000329. The summed E-state index contributed by atoms with van der Waals surface area (Å²) in [4.78, 5) is 9.52. The zero-order valence-electron chi connectivity index (χ0n) is 26.1. The zero-order valence-corrected chi connectivity index (χ0v) is 27.7. The molecule has 2 aliphatic rings. The Hall–Kier alpha value is -4.16. The van der Waals surface area contributed by atoms with Crippen LogP contribution in [0.5, 0.6) is 11.5 Å². The number of rotatable bonds is 6. The van der Waals surface area contributed by atoms with Gasteiger partial charge in [-0.1, -0.05) is 29.8 Å². The second-order valence-corrected chi connectivity index (χ2v) is 14.1. The highest BCUT2D eigenvalue weighted by Gasteiger charge is 2.18. The minimum Gasteiger partial charge on any atom is -0.457 e. The van der Waals surface area contributed by atoms with Crippen molar-refractivity contribution >= 4 is 43.0 Å². The number of ether oxygens (including phenoxy) is 1. The molecule has 0 N–H and O–H groups in total. The third-order valence-electron chi connectivity index (χ3n) is 6.91. The molecule has 0 aliphatic carbocycles. The van der Waals surface area contributed by atoms with Crippen molar-refractivity contribution < 1.29 is 29.9 Å². The van der Waals surface area contributed by atoms with Crippen LogP contribution in [0.4, 0.5) is 11.4 Å². The molecule has 0 radical (unpaired) electrons. The van der Waals surface area contributed by atoms with Crippen molar-refractivity contribution in [1.29, 1.82) is 0 Å². The van der Waals surface area contributed by atoms with Crippen LogP contribution in [0.3, 0.4) is 0 Å². The molecule has 2 heterocycles. The molecular formula is C34H36N2O7S2. The number of fused-ring (bicyclic) bond motifs is 2. The lowest BCUT2D eigenvalue weighted by Crippen LogP contribution is -2.00. The van der Waals surface area contributed by atoms with Gasteiger partial charge in [-0.15, -0.1) is 0 Å². The normalized spacial score (nSPS) is 13.3. The zero-order chi connectivity index (χ0) is 32.8. The van der Waals surface area contributed by atoms with E-state index in [1.807, 2.05) is 24.3 Å². The Morgan fingerprint density at radius 1 is 0.578 bits per heavy atom. The minimum atomic E-state index is -3.16. The maximum atomic E-state index is 9.78. The average molecular weight is 649 g/mol. The number of aryl methyl sites for hydroxylation is 1. The quantitative estimate of drug-likeness (QED) is 0.207. The molecule has 0 spiro atoms. The van der Waals surface area contributed by atoms with Gasteiger partial charge < -0.3 is 4.74 Å². The van der Waals surface area contributed by atoms with Gasteiger partial charge in [-0.3, -0.25) is 18.4 Å². The molecule has 2 aliphatic heterocycles. The van der Waals surface area contributed by atoms with Crippen molar-refractivity contribution in [3.8, 4) is 22.6 Å². The predicted molar refractivity (Wildman–Crippen MR) is 180 cm³/mol. The van der Waals surface area contributed by atoms with Gasteiger partial charge in [0, 0.05) is 18.6 Å². The number of hydrogen-bond donors (Lipinski definition) is 0. The molecule has 4 aromatic rings. The third kappa shape index (κ3) is 9.92. The highest BCUT2D eigenvalue weighted by atomic mass is 32.2. The fourth-order valence-electron chi connectivity index (χ4n) is 4.54. The first-order chi connectivity index (χ1) is 21.2. The molecule has 0 saturated carbocycles. The van der Waals surface area contributed by atoms with E-state index < -0.39 is 20.2 Å². The van der Waals surface area contributed by atoms with Crippen molar-refractivity contribution in [3.63, 3.8) is 0 Å². The van der Waals surface area contributed by atoms with Crippen LogP contribution in [0.15, 0.2) is 94.9 Å². The van der Waals surface area contributed by atoms with Crippen LogP contribution in [0.1, 0.15) is 29.2 Å². The summed E-state index contributed by atoms with van der Waals surface area (Å²) in [5.41, 5.74) is 11.9. The van der Waals surface area contributed by atoms with Crippen molar-refractivity contribution in [3.05, 3.63) is 107 Å². The third-order valence-corrected chi connectivity index (χ3v) is 8.12. The second kappa shape index (κ2) is 14.3. The summed E-state index contributed by atoms with van der Waals surface area (Å²) in [6, 6.07) is 29.5. The van der Waals surface area contributed by atoms with E-state index in [-0.39, 0.29) is 0 Å². The Morgan fingerprint density at radius 2 is 1.00 bits per heavy atom. The van der Waals surface area contributed by atoms with Gasteiger partial charge in [0.1, 0.15) is 11.5 Å². The molecule has 0 atom stereocenters. The van der Waals surface area contributed by atoms with E-state index in [9.17, 15) is 16.8 Å². The topological polar surface area (TPSA) is 121 Å². The summed E-state index contributed by atoms with van der Waals surface area (Å²) in [5.74, 6) is 1.68. The van der Waals surface area contributed by atoms with Crippen LogP contribution >= 0.6 is 0 Å². The van der Waals surface area contributed by atoms with Crippen LogP contribution in [-0.2, 0) is 41.4 Å². The highest BCUT2D eigenvalue weighted by molar-refractivity contribution is 7.86. The maximum Gasteiger partial charge on any atom is 0.264 e. The Bertz CT molecular complexity index is 1920. The van der Waals surface area contributed by atoms with E-state index in [0.717, 1.165) is 73.7 Å². The van der Waals surface area contributed by atoms with Gasteiger partial charge in [0.25, 0.3) is 20.2 Å². The van der Waals surface area contributed by atoms with Crippen molar-refractivity contribution in [1.82, 2.24) is 0 Å². The fraction of sp³-hybridized carbons (Fsp3) is 0.235. The van der Waals surface area contributed by atoms with E-state index in [1.54, 1.807) is 0 Å². The lowest BCUT2D eigenvalue weighted by Gasteiger charge is -2.07. The first-order valence-electron chi connectivity index (χ1n) is 14.0. The summed E-state index contributed by atoms with van der Waals surface area (Å²) < 4.78 is 52.9. The monoisotopic (exact) mass is 648 g/mol. The summed E-state index contributed by atoms with van der Waals surface area (Å²) in [6.45, 7) is 4.17. The smallest absolute Gasteiger partial charge is 0.264 e. The average Bonchev–Trinajstić information content (AvgIpc) is 3.60. The first-order valence-corrected chi connectivity index (χ1v) is 17.6. The summed E-state index contributed by atoms with van der Waals surface area (Å²) in [6.07, 6.45) is 3.78. The standard InChI is InChI=1S/C30H24N2O.2C2H6O3S/c1-19-3-9-26(10-4-19)33-27-11-5-21(6-12-27)30-18-25-17-23(8-14-29(25)32-30)22-7-13-28-24(16-22)15-20(2)31-28;2*1-5-6(2,3)4/h3-14,16-17H,15,18H2,1-2H3;2*1-2H3. The second-order valence-electron chi connectivity index (χ2n) is 10.6. The van der Waals surface area contributed by atoms with Crippen molar-refractivity contribution in [2.45, 2.75) is 26.7 Å². The number of nitrogens with zero attached hydrogens (tertiary/aromatic N) is 2. The molecule has 236 valence electrons. The number of benzene rings is 4. The van der Waals surface area contributed by atoms with E-state index in [4.69, 9.17) is 9.73 Å². The minimum absolute atomic E-state index is 0.830. The van der Waals surface area contributed by atoms with Crippen molar-refractivity contribution in [2.24, 2.45) is 9.98 Å². The molecule has 45 heavy (non-hydrogen) atoms. The first kappa shape index (κ1) is 33.7. The van der Waals surface area contributed by atoms with Crippen LogP contribution < -0.4 is 4.74 Å². The van der Waals surface area contributed by atoms with Gasteiger partial charge in [-0.2, -0.15) is 16.8 Å². The Labute approximate surface area is 265 Å². The highest BCUT2D eigenvalue weighted by Crippen LogP contribution is 2.36. The fourth-order valence-corrected chi connectivity index (χ4v) is 4.54. The van der Waals surface area contributed by atoms with Gasteiger partial charge in [0.2, 0.25) is 0 Å². The summed E-state index contributed by atoms with van der Waals surface area (Å²) >= 11 is 0. The van der Waals surface area contributed by atoms with Crippen LogP contribution in [0.2, 0.25) is 0 Å². The summed E-state index contributed by atoms with van der Waals surface area (Å²) in [7, 11) is -4.08. The molecule has 4 aromatic carbocycles. The SMILES string of the molecule is CC1=Nc2ccc(-c3ccc4c(c3)CC(c3ccc(Oc5ccc(C)cc5)cc3)=N4)cc2C1.COS(C)(=O)=O.COS(C)(=O)=O. The van der Waals surface area contributed by atoms with E-state index in [0.29, 0.717) is 0 Å². The lowest BCUT2D eigenvalue weighted by molar-refractivity contribution is 0.402. The van der Waals surface area contributed by atoms with E-state index in [2.05, 4.69) is 87.9 Å². The van der Waals surface area contributed by atoms with Gasteiger partial charge in [-0.05, 0) is 102 Å². The van der Waals surface area contributed by atoms with Crippen LogP contribution in [-0.4, -0.2) is 55.0 Å². The van der Waals surface area contributed by atoms with Crippen molar-refractivity contribution in [2.75, 3.05) is 26.7 Å². The van der Waals surface area contributed by atoms with Gasteiger partial charge in [0.05, 0.1) is 43.8 Å². The Morgan fingerprint density at radius 3 is 1.49 bits per heavy atom. The molecule has 0 unspecified atom stereocenters. The largest absolute Gasteiger partial charge is 0.457 e. The molecule has 0 amide bonds. The van der Waals surface area contributed by atoms with Crippen LogP contribution in [0.25, 0.3) is 11.1 Å². The van der Waals surface area contributed by atoms with Gasteiger partial charge in [0.15, 0.2) is 0 Å². The molecule has 0 fully saturated rings.